The van der Waals surface area contributed by atoms with Gasteiger partial charge in [0, 0.05) is 5.38 Å². The standard InChI is InChI=1S/C12H11N3O3S3/c1-8-13-11(18-15-8)7-21(16,17)6-9-5-20-12(14-9)10-3-2-4-19-10/h2-5H,6-7H2,1H3. The van der Waals surface area contributed by atoms with E-state index in [1.54, 1.807) is 23.6 Å². The highest BCUT2D eigenvalue weighted by Gasteiger charge is 2.19. The van der Waals surface area contributed by atoms with Crippen LogP contribution in [-0.2, 0) is 21.3 Å². The second-order valence-corrected chi connectivity index (χ2v) is 8.26. The molecule has 0 amide bonds. The van der Waals surface area contributed by atoms with Gasteiger partial charge in [-0.2, -0.15) is 4.98 Å². The smallest absolute Gasteiger partial charge is 0.241 e. The average Bonchev–Trinajstić information content (AvgIpc) is 3.09. The van der Waals surface area contributed by atoms with Crippen molar-refractivity contribution in [2.75, 3.05) is 0 Å². The van der Waals surface area contributed by atoms with Crippen molar-refractivity contribution in [1.82, 2.24) is 15.1 Å². The van der Waals surface area contributed by atoms with Crippen LogP contribution in [0.15, 0.2) is 27.4 Å². The Balaban J connectivity index is 1.73. The number of hydrogen-bond acceptors (Lipinski definition) is 8. The van der Waals surface area contributed by atoms with E-state index < -0.39 is 9.84 Å². The molecular formula is C12H11N3O3S3. The molecule has 0 saturated heterocycles. The second-order valence-electron chi connectivity index (χ2n) is 4.39. The van der Waals surface area contributed by atoms with Crippen LogP contribution in [-0.4, -0.2) is 23.5 Å². The summed E-state index contributed by atoms with van der Waals surface area (Å²) in [7, 11) is -3.38. The van der Waals surface area contributed by atoms with Crippen LogP contribution in [0.1, 0.15) is 17.4 Å². The van der Waals surface area contributed by atoms with Crippen molar-refractivity contribution < 1.29 is 12.9 Å². The lowest BCUT2D eigenvalue weighted by Crippen LogP contribution is -2.08. The molecule has 0 unspecified atom stereocenters. The van der Waals surface area contributed by atoms with Crippen LogP contribution < -0.4 is 0 Å². The molecule has 0 aromatic carbocycles. The van der Waals surface area contributed by atoms with Crippen molar-refractivity contribution in [2.45, 2.75) is 18.4 Å². The summed E-state index contributed by atoms with van der Waals surface area (Å²) in [5, 5.41) is 8.15. The van der Waals surface area contributed by atoms with Crippen molar-refractivity contribution in [1.29, 1.82) is 0 Å². The van der Waals surface area contributed by atoms with Crippen molar-refractivity contribution in [3.8, 4) is 9.88 Å². The number of rotatable bonds is 5. The van der Waals surface area contributed by atoms with Crippen LogP contribution in [0, 0.1) is 6.92 Å². The van der Waals surface area contributed by atoms with Gasteiger partial charge >= 0.3 is 0 Å². The summed E-state index contributed by atoms with van der Waals surface area (Å²) in [6.45, 7) is 1.65. The van der Waals surface area contributed by atoms with Gasteiger partial charge in [0.2, 0.25) is 5.89 Å². The first-order valence-electron chi connectivity index (χ1n) is 6.00. The van der Waals surface area contributed by atoms with E-state index in [-0.39, 0.29) is 17.4 Å². The summed E-state index contributed by atoms with van der Waals surface area (Å²) in [5.41, 5.74) is 0.541. The fourth-order valence-corrected chi connectivity index (χ4v) is 4.68. The predicted molar refractivity (Wildman–Crippen MR) is 80.8 cm³/mol. The number of hydrogen-bond donors (Lipinski definition) is 0. The lowest BCUT2D eigenvalue weighted by molar-refractivity contribution is 0.384. The van der Waals surface area contributed by atoms with Crippen LogP contribution >= 0.6 is 22.7 Å². The zero-order chi connectivity index (χ0) is 14.9. The Morgan fingerprint density at radius 3 is 2.76 bits per heavy atom. The molecule has 0 bridgehead atoms. The molecule has 21 heavy (non-hydrogen) atoms. The van der Waals surface area contributed by atoms with E-state index in [4.69, 9.17) is 4.52 Å². The molecule has 0 fully saturated rings. The first-order chi connectivity index (χ1) is 10.0. The quantitative estimate of drug-likeness (QED) is 0.709. The van der Waals surface area contributed by atoms with E-state index in [1.807, 2.05) is 17.5 Å². The normalized spacial score (nSPS) is 11.9. The molecule has 0 aliphatic heterocycles. The zero-order valence-electron chi connectivity index (χ0n) is 11.0. The molecular weight excluding hydrogens is 330 g/mol. The molecule has 3 rings (SSSR count). The van der Waals surface area contributed by atoms with Crippen LogP contribution in [0.3, 0.4) is 0 Å². The van der Waals surface area contributed by atoms with Gasteiger partial charge in [-0.3, -0.25) is 0 Å². The van der Waals surface area contributed by atoms with E-state index in [2.05, 4.69) is 15.1 Å². The number of sulfone groups is 1. The Hall–Kier alpha value is -1.58. The summed E-state index contributed by atoms with van der Waals surface area (Å²) < 4.78 is 29.1. The zero-order valence-corrected chi connectivity index (χ0v) is 13.5. The average molecular weight is 341 g/mol. The largest absolute Gasteiger partial charge is 0.338 e. The molecule has 9 heteroatoms. The Kier molecular flexibility index (Phi) is 3.87. The summed E-state index contributed by atoms with van der Waals surface area (Å²) in [5.74, 6) is 0.144. The van der Waals surface area contributed by atoms with Crippen molar-refractivity contribution in [2.24, 2.45) is 0 Å². The highest BCUT2D eigenvalue weighted by Crippen LogP contribution is 2.28. The topological polar surface area (TPSA) is 86.0 Å². The molecule has 3 heterocycles. The molecule has 6 nitrogen and oxygen atoms in total. The number of thiophene rings is 1. The minimum atomic E-state index is -3.38. The van der Waals surface area contributed by atoms with Gasteiger partial charge in [-0.25, -0.2) is 13.4 Å². The lowest BCUT2D eigenvalue weighted by atomic mass is 10.5. The monoisotopic (exact) mass is 341 g/mol. The molecule has 110 valence electrons. The second kappa shape index (κ2) is 5.66. The maximum atomic E-state index is 12.1. The van der Waals surface area contributed by atoms with E-state index >= 15 is 0 Å². The molecule has 3 aromatic rings. The van der Waals surface area contributed by atoms with E-state index in [1.165, 1.54) is 11.3 Å². The lowest BCUT2D eigenvalue weighted by Gasteiger charge is -1.98. The van der Waals surface area contributed by atoms with Gasteiger partial charge in [0.15, 0.2) is 15.7 Å². The van der Waals surface area contributed by atoms with Gasteiger partial charge in [0.05, 0.1) is 16.3 Å². The Bertz CT molecular complexity index is 834. The first-order valence-corrected chi connectivity index (χ1v) is 9.58. The molecule has 0 aliphatic rings. The molecule has 0 aliphatic carbocycles. The highest BCUT2D eigenvalue weighted by molar-refractivity contribution is 7.89. The van der Waals surface area contributed by atoms with Crippen molar-refractivity contribution in [3.63, 3.8) is 0 Å². The van der Waals surface area contributed by atoms with Crippen molar-refractivity contribution >= 4 is 32.5 Å². The van der Waals surface area contributed by atoms with Crippen LogP contribution in [0.4, 0.5) is 0 Å². The van der Waals surface area contributed by atoms with Crippen LogP contribution in [0.25, 0.3) is 9.88 Å². The Morgan fingerprint density at radius 1 is 1.24 bits per heavy atom. The van der Waals surface area contributed by atoms with E-state index in [0.29, 0.717) is 11.5 Å². The SMILES string of the molecule is Cc1noc(CS(=O)(=O)Cc2csc(-c3cccs3)n2)n1. The van der Waals surface area contributed by atoms with Gasteiger partial charge in [-0.15, -0.1) is 22.7 Å². The van der Waals surface area contributed by atoms with E-state index in [9.17, 15) is 8.42 Å². The molecule has 0 saturated carbocycles. The molecule has 0 spiro atoms. The number of aryl methyl sites for hydroxylation is 1. The minimum Gasteiger partial charge on any atom is -0.338 e. The van der Waals surface area contributed by atoms with E-state index in [0.717, 1.165) is 9.88 Å². The van der Waals surface area contributed by atoms with Gasteiger partial charge in [-0.05, 0) is 18.4 Å². The fraction of sp³-hybridized carbons (Fsp3) is 0.250. The first kappa shape index (κ1) is 14.4. The van der Waals surface area contributed by atoms with Crippen LogP contribution in [0.5, 0.6) is 0 Å². The van der Waals surface area contributed by atoms with Gasteiger partial charge in [-0.1, -0.05) is 11.2 Å². The summed E-state index contributed by atoms with van der Waals surface area (Å²) in [6.07, 6.45) is 0. The number of aromatic nitrogens is 3. The highest BCUT2D eigenvalue weighted by atomic mass is 32.2. The summed E-state index contributed by atoms with van der Waals surface area (Å²) in [4.78, 5) is 9.32. The number of nitrogens with zero attached hydrogens (tertiary/aromatic N) is 3. The van der Waals surface area contributed by atoms with Gasteiger partial charge in [0.25, 0.3) is 0 Å². The van der Waals surface area contributed by atoms with Crippen LogP contribution in [0.2, 0.25) is 0 Å². The van der Waals surface area contributed by atoms with Crippen molar-refractivity contribution in [3.05, 3.63) is 40.3 Å². The third kappa shape index (κ3) is 3.55. The molecule has 0 atom stereocenters. The summed E-state index contributed by atoms with van der Waals surface area (Å²) >= 11 is 3.02. The Labute approximate surface area is 129 Å². The van der Waals surface area contributed by atoms with Gasteiger partial charge < -0.3 is 4.52 Å². The Morgan fingerprint density at radius 2 is 2.10 bits per heavy atom. The fourth-order valence-electron chi connectivity index (χ4n) is 1.75. The molecule has 0 radical (unpaired) electrons. The maximum absolute atomic E-state index is 12.1. The minimum absolute atomic E-state index is 0.112. The third-order valence-electron chi connectivity index (χ3n) is 2.56. The van der Waals surface area contributed by atoms with Gasteiger partial charge in [0.1, 0.15) is 10.8 Å². The third-order valence-corrected chi connectivity index (χ3v) is 5.92. The summed E-state index contributed by atoms with van der Waals surface area (Å²) in [6, 6.07) is 3.90. The maximum Gasteiger partial charge on any atom is 0.241 e. The predicted octanol–water partition coefficient (Wildman–Crippen LogP) is 2.68. The number of thiazole rings is 1. The molecule has 3 aromatic heterocycles. The molecule has 0 N–H and O–H groups in total.